The largest absolute Gasteiger partial charge is 0.464 e. The third kappa shape index (κ3) is 12.6. The Morgan fingerprint density at radius 2 is 1.25 bits per heavy atom. The van der Waals surface area contributed by atoms with Crippen LogP contribution in [0, 0.1) is 28.7 Å². The molecule has 420 valence electrons. The fraction of sp³-hybridized carbons (Fsp3) is 0.350. The number of nitrogens with one attached hydrogen (secondary N) is 3. The molecule has 0 bridgehead atoms. The second-order valence-electron chi connectivity index (χ2n) is 21.1. The number of esters is 1. The van der Waals surface area contributed by atoms with Crippen molar-refractivity contribution >= 4 is 71.7 Å². The van der Waals surface area contributed by atoms with Gasteiger partial charge in [0.15, 0.2) is 28.2 Å². The first kappa shape index (κ1) is 60.1. The molecule has 1 aliphatic carbocycles. The van der Waals surface area contributed by atoms with E-state index >= 15 is 17.6 Å². The molecule has 5 aromatic carbocycles. The maximum Gasteiger partial charge on any atom is 0.329 e. The number of fused-ring (bicyclic) bond motifs is 2. The van der Waals surface area contributed by atoms with Crippen molar-refractivity contribution in [3.05, 3.63) is 148 Å². The van der Waals surface area contributed by atoms with E-state index in [1.807, 2.05) is 24.3 Å². The van der Waals surface area contributed by atoms with Crippen molar-refractivity contribution in [1.29, 1.82) is 0 Å². The van der Waals surface area contributed by atoms with Crippen LogP contribution >= 0.6 is 11.8 Å². The van der Waals surface area contributed by atoms with Crippen LogP contribution in [0.5, 0.6) is 0 Å². The van der Waals surface area contributed by atoms with E-state index in [2.05, 4.69) is 78.2 Å². The first-order valence-corrected chi connectivity index (χ1v) is 30.0. The van der Waals surface area contributed by atoms with Crippen LogP contribution in [-0.2, 0) is 34.4 Å². The highest BCUT2D eigenvalue weighted by molar-refractivity contribution is 8.04. The summed E-state index contributed by atoms with van der Waals surface area (Å²) in [4.78, 5) is 26.6. The number of sulfonamides is 2. The van der Waals surface area contributed by atoms with E-state index < -0.39 is 87.1 Å². The summed E-state index contributed by atoms with van der Waals surface area (Å²) < 4.78 is 134. The van der Waals surface area contributed by atoms with Crippen LogP contribution in [0.25, 0.3) is 33.4 Å². The smallest absolute Gasteiger partial charge is 0.329 e. The van der Waals surface area contributed by atoms with Gasteiger partial charge in [0.05, 0.1) is 27.4 Å². The predicted octanol–water partition coefficient (Wildman–Crippen LogP) is 14.5. The molecular weight excluding hydrogens is 1080 g/mol. The number of carbonyl (C=O) groups excluding carboxylic acids is 2. The highest BCUT2D eigenvalue weighted by atomic mass is 32.3. The summed E-state index contributed by atoms with van der Waals surface area (Å²) in [5, 5.41) is 6.95. The number of carbonyl (C=O) groups is 2. The molecule has 1 atom stereocenters. The summed E-state index contributed by atoms with van der Waals surface area (Å²) in [6.45, 7) is 22.9. The zero-order chi connectivity index (χ0) is 58.1. The maximum absolute atomic E-state index is 16.1. The van der Waals surface area contributed by atoms with Crippen molar-refractivity contribution in [2.45, 2.75) is 134 Å². The molecule has 7 rings (SSSR count). The molecule has 0 radical (unpaired) electrons. The van der Waals surface area contributed by atoms with Crippen LogP contribution in [0.1, 0.15) is 135 Å². The van der Waals surface area contributed by atoms with Crippen molar-refractivity contribution < 1.29 is 53.1 Å². The minimum atomic E-state index is -6.02. The van der Waals surface area contributed by atoms with Crippen LogP contribution in [0.4, 0.5) is 34.6 Å². The normalized spacial score (nSPS) is 13.1. The average Bonchev–Trinajstić information content (AvgIpc) is 3.60. The lowest BCUT2D eigenvalue weighted by atomic mass is 9.89. The SMILES string of the molecule is CCOC(=O)C(CSc1c(F)c(F)c(S(=O)(=O)NS(=O)(=O)c2ccccc2-c2c3ccc(=Nc4c(C(C)C)cccc4C(C)C)cc-3oc3cc(Nc4c(C(C)C)cccc4C(C)C)ccc23)c(F)c1F)NC(=O)C(C)(C)CC. The summed E-state index contributed by atoms with van der Waals surface area (Å²) in [5.41, 5.74) is 6.42. The number of rotatable bonds is 20. The minimum absolute atomic E-state index is 0.0670. The van der Waals surface area contributed by atoms with Crippen molar-refractivity contribution in [3.63, 3.8) is 0 Å². The van der Waals surface area contributed by atoms with Gasteiger partial charge in [0.1, 0.15) is 17.4 Å². The van der Waals surface area contributed by atoms with Crippen molar-refractivity contribution in [2.75, 3.05) is 17.7 Å². The van der Waals surface area contributed by atoms with Crippen LogP contribution in [0.3, 0.4) is 0 Å². The molecule has 0 aromatic heterocycles. The topological polar surface area (TPSA) is 173 Å². The molecule has 79 heavy (non-hydrogen) atoms. The van der Waals surface area contributed by atoms with E-state index in [-0.39, 0.29) is 64.5 Å². The van der Waals surface area contributed by atoms with Crippen molar-refractivity contribution in [3.8, 4) is 22.5 Å². The first-order chi connectivity index (χ1) is 37.1. The molecule has 1 aliphatic heterocycles. The van der Waals surface area contributed by atoms with Gasteiger partial charge in [0, 0.05) is 56.8 Å². The number of ether oxygens (including phenoxy) is 1. The Morgan fingerprint density at radius 3 is 1.81 bits per heavy atom. The first-order valence-electron chi connectivity index (χ1n) is 26.1. The van der Waals surface area contributed by atoms with Gasteiger partial charge in [-0.1, -0.05) is 131 Å². The second-order valence-corrected chi connectivity index (χ2v) is 25.7. The predicted molar refractivity (Wildman–Crippen MR) is 303 cm³/mol. The van der Waals surface area contributed by atoms with Crippen LogP contribution < -0.4 is 20.1 Å². The molecule has 19 heteroatoms. The Balaban J connectivity index is 1.36. The number of hydrogen-bond donors (Lipinski definition) is 3. The zero-order valence-corrected chi connectivity index (χ0v) is 48.6. The van der Waals surface area contributed by atoms with E-state index in [0.29, 0.717) is 28.4 Å². The third-order valence-electron chi connectivity index (χ3n) is 13.8. The lowest BCUT2D eigenvalue weighted by Crippen LogP contribution is -2.48. The highest BCUT2D eigenvalue weighted by Crippen LogP contribution is 2.45. The summed E-state index contributed by atoms with van der Waals surface area (Å²) in [6, 6.07) is 26.4. The molecule has 0 fully saturated rings. The van der Waals surface area contributed by atoms with Gasteiger partial charge >= 0.3 is 5.97 Å². The standard InChI is InChI=1S/C60H66F4N4O8S3/c1-13-60(11,12)59(70)67-45(58(69)75-14-2)31-77-56-50(61)52(63)57(53(64)51(56)62)79(73,74)68-78(71,72)48-24-16-15-19-44(48)49-42-27-25-36(65-54-38(32(3)4)20-17-21-39(54)33(5)6)29-46(42)76-47-30-37(26-28-43(47)49)66-55-40(34(7)8)22-18-23-41(55)35(9)10/h15-30,32-35,45,65,68H,13-14,31H2,1-12H3,(H,67,70). The lowest BCUT2D eigenvalue weighted by Gasteiger charge is -2.25. The molecule has 0 saturated carbocycles. The molecule has 3 N–H and O–H groups in total. The van der Waals surface area contributed by atoms with Gasteiger partial charge in [-0.25, -0.2) is 44.2 Å². The van der Waals surface area contributed by atoms with Gasteiger partial charge in [-0.15, -0.1) is 15.9 Å². The van der Waals surface area contributed by atoms with E-state index in [1.54, 1.807) is 57.2 Å². The number of benzene rings is 6. The number of thioether (sulfide) groups is 1. The summed E-state index contributed by atoms with van der Waals surface area (Å²) in [7, 11) is -11.5. The van der Waals surface area contributed by atoms with Gasteiger partial charge in [-0.05, 0) is 89.6 Å². The van der Waals surface area contributed by atoms with Crippen LogP contribution in [0.2, 0.25) is 0 Å². The number of amides is 1. The molecule has 0 saturated heterocycles. The van der Waals surface area contributed by atoms with Gasteiger partial charge in [0.25, 0.3) is 20.0 Å². The second kappa shape index (κ2) is 24.0. The van der Waals surface area contributed by atoms with E-state index in [1.165, 1.54) is 29.3 Å². The fourth-order valence-electron chi connectivity index (χ4n) is 9.11. The van der Waals surface area contributed by atoms with E-state index in [4.69, 9.17) is 14.1 Å². The van der Waals surface area contributed by atoms with Crippen molar-refractivity contribution in [2.24, 2.45) is 10.4 Å². The monoisotopic (exact) mass is 1140 g/mol. The Morgan fingerprint density at radius 1 is 0.684 bits per heavy atom. The zero-order valence-electron chi connectivity index (χ0n) is 46.2. The highest BCUT2D eigenvalue weighted by Gasteiger charge is 2.39. The minimum Gasteiger partial charge on any atom is -0.464 e. The molecule has 2 aliphatic rings. The molecule has 12 nitrogen and oxygen atoms in total. The van der Waals surface area contributed by atoms with Gasteiger partial charge in [-0.3, -0.25) is 4.79 Å². The van der Waals surface area contributed by atoms with Crippen LogP contribution in [-0.4, -0.2) is 47.1 Å². The van der Waals surface area contributed by atoms with Crippen LogP contribution in [0.15, 0.2) is 121 Å². The van der Waals surface area contributed by atoms with Gasteiger partial charge in [0.2, 0.25) is 5.91 Å². The molecule has 0 spiro atoms. The molecule has 1 amide bonds. The number of halogens is 4. The lowest BCUT2D eigenvalue weighted by molar-refractivity contribution is -0.147. The molecular formula is C60H66F4N4O8S3. The molecule has 5 aromatic rings. The molecule has 1 heterocycles. The number of anilines is 2. The van der Waals surface area contributed by atoms with Gasteiger partial charge in [-0.2, -0.15) is 0 Å². The number of nitrogens with zero attached hydrogens (tertiary/aromatic N) is 1. The summed E-state index contributed by atoms with van der Waals surface area (Å²) in [5.74, 6) is -10.8. The van der Waals surface area contributed by atoms with Gasteiger partial charge < -0.3 is 19.8 Å². The Bertz CT molecular complexity index is 3670. The number of para-hydroxylation sites is 2. The Kier molecular flexibility index (Phi) is 18.3. The third-order valence-corrected chi connectivity index (χ3v) is 18.6. The Hall–Kier alpha value is -6.54. The van der Waals surface area contributed by atoms with E-state index in [0.717, 1.165) is 39.7 Å². The Labute approximate surface area is 464 Å². The summed E-state index contributed by atoms with van der Waals surface area (Å²) in [6.07, 6.45) is 0.335. The number of hydrogen-bond acceptors (Lipinski definition) is 11. The van der Waals surface area contributed by atoms with E-state index in [9.17, 15) is 26.4 Å². The summed E-state index contributed by atoms with van der Waals surface area (Å²) >= 11 is 0.0670. The quantitative estimate of drug-likeness (QED) is 0.0219. The maximum atomic E-state index is 16.1. The fourth-order valence-corrected chi connectivity index (χ4v) is 13.3. The van der Waals surface area contributed by atoms with Crippen molar-refractivity contribution in [1.82, 2.24) is 9.44 Å². The average molecular weight is 1140 g/mol. The molecule has 1 unspecified atom stereocenters.